The number of para-hydroxylation sites is 1. The van der Waals surface area contributed by atoms with Gasteiger partial charge in [-0.2, -0.15) is 0 Å². The molecule has 2 N–H and O–H groups in total. The molecule has 1 heterocycles. The molecule has 2 atom stereocenters. The third-order valence-electron chi connectivity index (χ3n) is 4.60. The molecule has 1 fully saturated rings. The number of nitrogens with zero attached hydrogens (tertiary/aromatic N) is 1. The summed E-state index contributed by atoms with van der Waals surface area (Å²) in [6, 6.07) is 16.6. The van der Waals surface area contributed by atoms with Crippen LogP contribution in [0.2, 0.25) is 0 Å². The third-order valence-corrected chi connectivity index (χ3v) is 4.60. The monoisotopic (exact) mass is 340 g/mol. The van der Waals surface area contributed by atoms with Crippen molar-refractivity contribution in [2.75, 3.05) is 18.4 Å². The zero-order chi connectivity index (χ0) is 17.6. The quantitative estimate of drug-likeness (QED) is 0.846. The Morgan fingerprint density at radius 3 is 2.32 bits per heavy atom. The van der Waals surface area contributed by atoms with Crippen molar-refractivity contribution in [2.24, 2.45) is 0 Å². The molecule has 2 aromatic carbocycles. The number of aliphatic hydroxyl groups is 1. The summed E-state index contributed by atoms with van der Waals surface area (Å²) in [7, 11) is 0. The van der Waals surface area contributed by atoms with Gasteiger partial charge in [0.2, 0.25) is 0 Å². The van der Waals surface area contributed by atoms with Crippen molar-refractivity contribution in [3.63, 3.8) is 0 Å². The Bertz CT molecular complexity index is 662. The standard InChI is InChI=1S/C21H28N2O2/c1-16-12-23(13-17(2)25-16)14-20-5-3-4-6-21(20)22-11-18-7-9-19(15-24)10-8-18/h3-10,16-17,22,24H,11-15H2,1-2H3. The van der Waals surface area contributed by atoms with Gasteiger partial charge < -0.3 is 15.2 Å². The van der Waals surface area contributed by atoms with Gasteiger partial charge in [-0.25, -0.2) is 0 Å². The first-order valence-corrected chi connectivity index (χ1v) is 9.02. The van der Waals surface area contributed by atoms with Gasteiger partial charge in [-0.3, -0.25) is 4.90 Å². The summed E-state index contributed by atoms with van der Waals surface area (Å²) in [5.41, 5.74) is 4.65. The second kappa shape index (κ2) is 8.48. The zero-order valence-electron chi connectivity index (χ0n) is 15.1. The topological polar surface area (TPSA) is 44.7 Å². The number of aliphatic hydroxyl groups excluding tert-OH is 1. The molecule has 0 spiro atoms. The van der Waals surface area contributed by atoms with Gasteiger partial charge in [-0.1, -0.05) is 42.5 Å². The molecule has 134 valence electrons. The molecule has 0 amide bonds. The molecule has 4 heteroatoms. The maximum absolute atomic E-state index is 9.14. The minimum Gasteiger partial charge on any atom is -0.392 e. The Labute approximate surface area is 150 Å². The van der Waals surface area contributed by atoms with Gasteiger partial charge in [0.05, 0.1) is 18.8 Å². The summed E-state index contributed by atoms with van der Waals surface area (Å²) in [6.07, 6.45) is 0.572. The Kier molecular flexibility index (Phi) is 6.08. The minimum absolute atomic E-state index is 0.0902. The van der Waals surface area contributed by atoms with E-state index in [0.29, 0.717) is 0 Å². The van der Waals surface area contributed by atoms with Crippen molar-refractivity contribution in [1.29, 1.82) is 0 Å². The molecular weight excluding hydrogens is 312 g/mol. The van der Waals surface area contributed by atoms with Crippen molar-refractivity contribution >= 4 is 5.69 Å². The molecule has 1 aliphatic rings. The number of hydrogen-bond acceptors (Lipinski definition) is 4. The van der Waals surface area contributed by atoms with E-state index < -0.39 is 0 Å². The Balaban J connectivity index is 1.64. The molecule has 2 unspecified atom stereocenters. The fraction of sp³-hybridized carbons (Fsp3) is 0.429. The van der Waals surface area contributed by atoms with Crippen LogP contribution >= 0.6 is 0 Å². The normalized spacial score (nSPS) is 21.2. The minimum atomic E-state index is 0.0902. The maximum atomic E-state index is 9.14. The van der Waals surface area contributed by atoms with E-state index in [9.17, 15) is 0 Å². The molecule has 1 saturated heterocycles. The zero-order valence-corrected chi connectivity index (χ0v) is 15.1. The van der Waals surface area contributed by atoms with Gasteiger partial charge in [0, 0.05) is 31.9 Å². The summed E-state index contributed by atoms with van der Waals surface area (Å²) < 4.78 is 5.83. The van der Waals surface area contributed by atoms with E-state index >= 15 is 0 Å². The highest BCUT2D eigenvalue weighted by molar-refractivity contribution is 5.51. The predicted octanol–water partition coefficient (Wildman–Crippen LogP) is 3.40. The van der Waals surface area contributed by atoms with Crippen LogP contribution in [-0.4, -0.2) is 35.3 Å². The average molecular weight is 340 g/mol. The van der Waals surface area contributed by atoms with E-state index in [1.165, 1.54) is 16.8 Å². The van der Waals surface area contributed by atoms with E-state index in [1.54, 1.807) is 0 Å². The van der Waals surface area contributed by atoms with Crippen molar-refractivity contribution in [3.8, 4) is 0 Å². The molecule has 4 nitrogen and oxygen atoms in total. The lowest BCUT2D eigenvalue weighted by atomic mass is 10.1. The van der Waals surface area contributed by atoms with Crippen LogP contribution in [0.1, 0.15) is 30.5 Å². The number of nitrogens with one attached hydrogen (secondary N) is 1. The second-order valence-corrected chi connectivity index (χ2v) is 6.94. The van der Waals surface area contributed by atoms with Crippen LogP contribution < -0.4 is 5.32 Å². The summed E-state index contributed by atoms with van der Waals surface area (Å²) in [4.78, 5) is 2.47. The fourth-order valence-corrected chi connectivity index (χ4v) is 3.44. The Hall–Kier alpha value is -1.88. The van der Waals surface area contributed by atoms with Crippen LogP contribution in [-0.2, 0) is 24.4 Å². The molecule has 2 aromatic rings. The smallest absolute Gasteiger partial charge is 0.0681 e. The molecule has 25 heavy (non-hydrogen) atoms. The third kappa shape index (κ3) is 5.05. The highest BCUT2D eigenvalue weighted by Crippen LogP contribution is 2.21. The van der Waals surface area contributed by atoms with Gasteiger partial charge in [-0.05, 0) is 36.6 Å². The lowest BCUT2D eigenvalue weighted by Gasteiger charge is -2.35. The molecule has 0 radical (unpaired) electrons. The van der Waals surface area contributed by atoms with Gasteiger partial charge >= 0.3 is 0 Å². The number of morpholine rings is 1. The van der Waals surface area contributed by atoms with E-state index in [0.717, 1.165) is 31.7 Å². The summed E-state index contributed by atoms with van der Waals surface area (Å²) >= 11 is 0. The SMILES string of the molecule is CC1CN(Cc2ccccc2NCc2ccc(CO)cc2)CC(C)O1. The lowest BCUT2D eigenvalue weighted by molar-refractivity contribution is -0.0704. The van der Waals surface area contributed by atoms with Crippen molar-refractivity contribution in [3.05, 3.63) is 65.2 Å². The molecule has 0 saturated carbocycles. The molecular formula is C21H28N2O2. The van der Waals surface area contributed by atoms with Gasteiger partial charge in [0.25, 0.3) is 0 Å². The molecule has 0 aromatic heterocycles. The van der Waals surface area contributed by atoms with Crippen LogP contribution in [0.5, 0.6) is 0 Å². The fourth-order valence-electron chi connectivity index (χ4n) is 3.44. The van der Waals surface area contributed by atoms with Crippen molar-refractivity contribution < 1.29 is 9.84 Å². The van der Waals surface area contributed by atoms with Crippen LogP contribution in [0.15, 0.2) is 48.5 Å². The van der Waals surface area contributed by atoms with Gasteiger partial charge in [-0.15, -0.1) is 0 Å². The number of rotatable bonds is 6. The van der Waals surface area contributed by atoms with E-state index in [2.05, 4.69) is 60.5 Å². The average Bonchev–Trinajstić information content (AvgIpc) is 2.60. The van der Waals surface area contributed by atoms with E-state index in [4.69, 9.17) is 9.84 Å². The lowest BCUT2D eigenvalue weighted by Crippen LogP contribution is -2.44. The highest BCUT2D eigenvalue weighted by Gasteiger charge is 2.22. The molecule has 0 aliphatic carbocycles. The largest absolute Gasteiger partial charge is 0.392 e. The van der Waals surface area contributed by atoms with Crippen LogP contribution in [0.25, 0.3) is 0 Å². The first-order chi connectivity index (χ1) is 12.1. The van der Waals surface area contributed by atoms with Crippen LogP contribution in [0.4, 0.5) is 5.69 Å². The Morgan fingerprint density at radius 2 is 1.64 bits per heavy atom. The first kappa shape index (κ1) is 17.9. The van der Waals surface area contributed by atoms with Gasteiger partial charge in [0.1, 0.15) is 0 Å². The van der Waals surface area contributed by atoms with Gasteiger partial charge in [0.15, 0.2) is 0 Å². The summed E-state index contributed by atoms with van der Waals surface area (Å²) in [6.45, 7) is 8.03. The van der Waals surface area contributed by atoms with E-state index in [1.807, 2.05) is 12.1 Å². The van der Waals surface area contributed by atoms with Crippen LogP contribution in [0, 0.1) is 0 Å². The first-order valence-electron chi connectivity index (χ1n) is 9.02. The number of anilines is 1. The van der Waals surface area contributed by atoms with E-state index in [-0.39, 0.29) is 18.8 Å². The molecule has 3 rings (SSSR count). The number of benzene rings is 2. The van der Waals surface area contributed by atoms with Crippen LogP contribution in [0.3, 0.4) is 0 Å². The second-order valence-electron chi connectivity index (χ2n) is 6.94. The Morgan fingerprint density at radius 1 is 1.00 bits per heavy atom. The number of hydrogen-bond donors (Lipinski definition) is 2. The highest BCUT2D eigenvalue weighted by atomic mass is 16.5. The summed E-state index contributed by atoms with van der Waals surface area (Å²) in [5, 5.41) is 12.7. The molecule has 0 bridgehead atoms. The maximum Gasteiger partial charge on any atom is 0.0681 e. The van der Waals surface area contributed by atoms with Crippen molar-refractivity contribution in [2.45, 2.75) is 45.8 Å². The summed E-state index contributed by atoms with van der Waals surface area (Å²) in [5.74, 6) is 0. The van der Waals surface area contributed by atoms with Crippen molar-refractivity contribution in [1.82, 2.24) is 4.90 Å². The molecule has 1 aliphatic heterocycles. The predicted molar refractivity (Wildman–Crippen MR) is 101 cm³/mol. The number of ether oxygens (including phenoxy) is 1.